The maximum Gasteiger partial charge on any atom is 0.408 e. The van der Waals surface area contributed by atoms with Crippen LogP contribution in [0.1, 0.15) is 70.6 Å². The minimum atomic E-state index is -0.526. The highest BCUT2D eigenvalue weighted by Crippen LogP contribution is 2.29. The molecule has 6 nitrogen and oxygen atoms in total. The van der Waals surface area contributed by atoms with E-state index in [9.17, 15) is 4.79 Å². The molecule has 1 aromatic rings. The molecule has 22 heavy (non-hydrogen) atoms. The number of nitrogens with one attached hydrogen (secondary N) is 1. The molecule has 0 spiro atoms. The lowest BCUT2D eigenvalue weighted by atomic mass is 10.0. The molecule has 0 bridgehead atoms. The highest BCUT2D eigenvalue weighted by molar-refractivity contribution is 7.99. The van der Waals surface area contributed by atoms with Crippen LogP contribution in [0.5, 0.6) is 0 Å². The molecule has 1 amide bonds. The second-order valence-electron chi connectivity index (χ2n) is 6.60. The fourth-order valence-electron chi connectivity index (χ4n) is 2.30. The van der Waals surface area contributed by atoms with E-state index in [1.165, 1.54) is 12.2 Å². The molecule has 2 rings (SSSR count). The number of carbonyl (C=O) groups is 1. The van der Waals surface area contributed by atoms with Crippen molar-refractivity contribution in [3.8, 4) is 0 Å². The zero-order valence-electron chi connectivity index (χ0n) is 13.7. The van der Waals surface area contributed by atoms with Crippen LogP contribution in [0.3, 0.4) is 0 Å². The van der Waals surface area contributed by atoms with E-state index >= 15 is 0 Å². The second-order valence-corrected chi connectivity index (χ2v) is 7.82. The molecule has 0 radical (unpaired) electrons. The van der Waals surface area contributed by atoms with Gasteiger partial charge in [-0.25, -0.2) is 4.79 Å². The molecule has 1 aliphatic heterocycles. The lowest BCUT2D eigenvalue weighted by Gasteiger charge is -2.20. The summed E-state index contributed by atoms with van der Waals surface area (Å²) < 4.78 is 10.5. The van der Waals surface area contributed by atoms with E-state index in [-0.39, 0.29) is 6.04 Å². The number of carbonyl (C=O) groups excluding carboxylic acids is 1. The topological polar surface area (TPSA) is 77.2 Å². The SMILES string of the molecule is C[C@@H](NC(=O)OC(C)(C)C)c1nc([C@H]2CCCSCC2)no1. The number of thioether (sulfide) groups is 1. The number of rotatable bonds is 3. The van der Waals surface area contributed by atoms with Crippen molar-refractivity contribution >= 4 is 17.9 Å². The number of aromatic nitrogens is 2. The molecule has 1 aliphatic rings. The van der Waals surface area contributed by atoms with Gasteiger partial charge in [0.05, 0.1) is 0 Å². The first-order valence-corrected chi connectivity index (χ1v) is 8.91. The Kier molecular flexibility index (Phi) is 5.72. The molecule has 2 heterocycles. The third-order valence-electron chi connectivity index (χ3n) is 3.38. The van der Waals surface area contributed by atoms with Gasteiger partial charge in [-0.05, 0) is 58.5 Å². The zero-order valence-corrected chi connectivity index (χ0v) is 14.5. The Hall–Kier alpha value is -1.24. The third kappa shape index (κ3) is 5.19. The minimum absolute atomic E-state index is 0.362. The number of ether oxygens (including phenoxy) is 1. The van der Waals surface area contributed by atoms with Gasteiger partial charge in [-0.3, -0.25) is 0 Å². The number of hydrogen-bond donors (Lipinski definition) is 1. The number of alkyl carbamates (subject to hydrolysis) is 1. The van der Waals surface area contributed by atoms with Crippen LogP contribution in [0.25, 0.3) is 0 Å². The Morgan fingerprint density at radius 1 is 1.41 bits per heavy atom. The molecule has 1 fully saturated rings. The quantitative estimate of drug-likeness (QED) is 0.913. The van der Waals surface area contributed by atoms with E-state index in [0.717, 1.165) is 24.4 Å². The Morgan fingerprint density at radius 2 is 2.18 bits per heavy atom. The fraction of sp³-hybridized carbons (Fsp3) is 0.800. The van der Waals surface area contributed by atoms with Crippen molar-refractivity contribution in [1.29, 1.82) is 0 Å². The Bertz CT molecular complexity index is 490. The Labute approximate surface area is 135 Å². The molecule has 0 unspecified atom stereocenters. The average molecular weight is 327 g/mol. The van der Waals surface area contributed by atoms with E-state index in [1.807, 2.05) is 39.5 Å². The van der Waals surface area contributed by atoms with Crippen molar-refractivity contribution in [2.75, 3.05) is 11.5 Å². The van der Waals surface area contributed by atoms with Crippen molar-refractivity contribution in [2.24, 2.45) is 0 Å². The maximum atomic E-state index is 11.8. The summed E-state index contributed by atoms with van der Waals surface area (Å²) >= 11 is 1.98. The van der Waals surface area contributed by atoms with Gasteiger partial charge in [-0.1, -0.05) is 5.16 Å². The molecular weight excluding hydrogens is 302 g/mol. The van der Waals surface area contributed by atoms with Crippen LogP contribution in [-0.2, 0) is 4.74 Å². The van der Waals surface area contributed by atoms with Crippen molar-refractivity contribution in [3.63, 3.8) is 0 Å². The number of hydrogen-bond acceptors (Lipinski definition) is 6. The van der Waals surface area contributed by atoms with Crippen LogP contribution >= 0.6 is 11.8 Å². The highest BCUT2D eigenvalue weighted by Gasteiger charge is 2.24. The summed E-state index contributed by atoms with van der Waals surface area (Å²) in [6, 6.07) is -0.365. The van der Waals surface area contributed by atoms with Crippen LogP contribution < -0.4 is 5.32 Å². The highest BCUT2D eigenvalue weighted by atomic mass is 32.2. The Morgan fingerprint density at radius 3 is 2.91 bits per heavy atom. The van der Waals surface area contributed by atoms with Crippen LogP contribution in [0.2, 0.25) is 0 Å². The van der Waals surface area contributed by atoms with Crippen molar-refractivity contribution < 1.29 is 14.1 Å². The fourth-order valence-corrected chi connectivity index (χ4v) is 3.32. The number of amides is 1. The van der Waals surface area contributed by atoms with Gasteiger partial charge in [0.15, 0.2) is 5.82 Å². The molecule has 1 aromatic heterocycles. The predicted molar refractivity (Wildman–Crippen MR) is 86.0 cm³/mol. The summed E-state index contributed by atoms with van der Waals surface area (Å²) in [5.41, 5.74) is -0.526. The summed E-state index contributed by atoms with van der Waals surface area (Å²) in [6.45, 7) is 7.29. The third-order valence-corrected chi connectivity index (χ3v) is 4.48. The van der Waals surface area contributed by atoms with Crippen molar-refractivity contribution in [2.45, 2.75) is 64.5 Å². The molecule has 0 aliphatic carbocycles. The van der Waals surface area contributed by atoms with E-state index < -0.39 is 11.7 Å². The molecule has 2 atom stereocenters. The summed E-state index contributed by atoms with van der Waals surface area (Å²) in [6.07, 6.45) is 2.88. The van der Waals surface area contributed by atoms with Crippen molar-refractivity contribution in [3.05, 3.63) is 11.7 Å². The first-order valence-electron chi connectivity index (χ1n) is 7.76. The average Bonchev–Trinajstić information content (AvgIpc) is 2.73. The van der Waals surface area contributed by atoms with Gasteiger partial charge in [0.2, 0.25) is 5.89 Å². The molecule has 0 aromatic carbocycles. The van der Waals surface area contributed by atoms with E-state index in [1.54, 1.807) is 0 Å². The molecule has 1 N–H and O–H groups in total. The summed E-state index contributed by atoms with van der Waals surface area (Å²) in [7, 11) is 0. The standard InChI is InChI=1S/C15H25N3O3S/c1-10(16-14(19)20-15(2,3)4)13-17-12(18-21-13)11-6-5-8-22-9-7-11/h10-11H,5-9H2,1-4H3,(H,16,19)/t10-,11+/m1/s1. The van der Waals surface area contributed by atoms with Gasteiger partial charge >= 0.3 is 6.09 Å². The van der Waals surface area contributed by atoms with Crippen LogP contribution in [0.15, 0.2) is 4.52 Å². The van der Waals surface area contributed by atoms with Gasteiger partial charge < -0.3 is 14.6 Å². The van der Waals surface area contributed by atoms with Crippen molar-refractivity contribution in [1.82, 2.24) is 15.5 Å². The Balaban J connectivity index is 1.93. The minimum Gasteiger partial charge on any atom is -0.444 e. The smallest absolute Gasteiger partial charge is 0.408 e. The van der Waals surface area contributed by atoms with E-state index in [4.69, 9.17) is 9.26 Å². The molecule has 0 saturated carbocycles. The monoisotopic (exact) mass is 327 g/mol. The molecule has 7 heteroatoms. The number of nitrogens with zero attached hydrogens (tertiary/aromatic N) is 2. The summed E-state index contributed by atoms with van der Waals surface area (Å²) in [4.78, 5) is 16.2. The summed E-state index contributed by atoms with van der Waals surface area (Å²) in [5, 5.41) is 6.82. The lowest BCUT2D eigenvalue weighted by Crippen LogP contribution is -2.34. The van der Waals surface area contributed by atoms with E-state index in [2.05, 4.69) is 15.5 Å². The zero-order chi connectivity index (χ0) is 16.2. The van der Waals surface area contributed by atoms with Gasteiger partial charge in [-0.2, -0.15) is 16.7 Å². The summed E-state index contributed by atoms with van der Waals surface area (Å²) in [5.74, 6) is 3.90. The first-order chi connectivity index (χ1) is 10.3. The molecule has 124 valence electrons. The van der Waals surface area contributed by atoms with Gasteiger partial charge in [-0.15, -0.1) is 0 Å². The normalized spacial score (nSPS) is 21.0. The second kappa shape index (κ2) is 7.35. The van der Waals surface area contributed by atoms with Gasteiger partial charge in [0.1, 0.15) is 11.6 Å². The van der Waals surface area contributed by atoms with Crippen LogP contribution in [0, 0.1) is 0 Å². The molecular formula is C15H25N3O3S. The molecule has 1 saturated heterocycles. The predicted octanol–water partition coefficient (Wildman–Crippen LogP) is 3.66. The van der Waals surface area contributed by atoms with Crippen LogP contribution in [-0.4, -0.2) is 33.3 Å². The van der Waals surface area contributed by atoms with Gasteiger partial charge in [0.25, 0.3) is 0 Å². The lowest BCUT2D eigenvalue weighted by molar-refractivity contribution is 0.0499. The van der Waals surface area contributed by atoms with Crippen LogP contribution in [0.4, 0.5) is 4.79 Å². The van der Waals surface area contributed by atoms with Gasteiger partial charge in [0, 0.05) is 5.92 Å². The first kappa shape index (κ1) is 17.1. The largest absolute Gasteiger partial charge is 0.444 e. The van der Waals surface area contributed by atoms with E-state index in [0.29, 0.717) is 11.8 Å². The maximum absolute atomic E-state index is 11.8.